The highest BCUT2D eigenvalue weighted by Crippen LogP contribution is 2.35. The molecule has 0 unspecified atom stereocenters. The number of nitriles is 1. The normalized spacial score (nSPS) is 14.1. The lowest BCUT2D eigenvalue weighted by Gasteiger charge is -2.09. The van der Waals surface area contributed by atoms with Crippen LogP contribution in [0.25, 0.3) is 0 Å². The predicted molar refractivity (Wildman–Crippen MR) is 55.1 cm³/mol. The first-order valence-corrected chi connectivity index (χ1v) is 4.94. The summed E-state index contributed by atoms with van der Waals surface area (Å²) < 4.78 is 0. The maximum absolute atomic E-state index is 8.84. The molecule has 0 spiro atoms. The van der Waals surface area contributed by atoms with E-state index < -0.39 is 0 Å². The smallest absolute Gasteiger partial charge is 0.104 e. The number of hydrogen-bond donors (Lipinski definition) is 2. The molecule has 0 atom stereocenters. The van der Waals surface area contributed by atoms with E-state index in [1.54, 1.807) is 11.3 Å². The van der Waals surface area contributed by atoms with E-state index in [2.05, 4.69) is 6.07 Å². The average molecular weight is 195 g/mol. The Balaban J connectivity index is 0.000000845. The maximum atomic E-state index is 8.84. The van der Waals surface area contributed by atoms with Crippen molar-refractivity contribution in [1.82, 2.24) is 6.15 Å². The zero-order valence-corrected chi connectivity index (χ0v) is 8.28. The van der Waals surface area contributed by atoms with Gasteiger partial charge in [-0.3, -0.25) is 0 Å². The van der Waals surface area contributed by atoms with Crippen LogP contribution in [0.4, 0.5) is 5.00 Å². The third-order valence-electron chi connectivity index (χ3n) is 2.31. The Morgan fingerprint density at radius 1 is 1.31 bits per heavy atom. The molecular formula is C9H13N3S. The summed E-state index contributed by atoms with van der Waals surface area (Å²) in [7, 11) is 0. The van der Waals surface area contributed by atoms with Gasteiger partial charge in [-0.25, -0.2) is 0 Å². The number of thiophene rings is 1. The van der Waals surface area contributed by atoms with E-state index in [9.17, 15) is 0 Å². The summed E-state index contributed by atoms with van der Waals surface area (Å²) in [6.45, 7) is 0. The maximum Gasteiger partial charge on any atom is 0.104 e. The summed E-state index contributed by atoms with van der Waals surface area (Å²) in [6, 6.07) is 2.19. The second kappa shape index (κ2) is 3.77. The van der Waals surface area contributed by atoms with Crippen LogP contribution in [-0.4, -0.2) is 0 Å². The highest BCUT2D eigenvalue weighted by atomic mass is 32.1. The molecule has 4 heteroatoms. The van der Waals surface area contributed by atoms with Crippen molar-refractivity contribution in [3.05, 3.63) is 16.0 Å². The minimum absolute atomic E-state index is 0. The van der Waals surface area contributed by atoms with Crippen molar-refractivity contribution < 1.29 is 0 Å². The van der Waals surface area contributed by atoms with E-state index in [0.29, 0.717) is 5.00 Å². The Morgan fingerprint density at radius 3 is 2.69 bits per heavy atom. The highest BCUT2D eigenvalue weighted by Gasteiger charge is 2.18. The molecule has 1 aromatic rings. The van der Waals surface area contributed by atoms with Crippen molar-refractivity contribution >= 4 is 16.3 Å². The van der Waals surface area contributed by atoms with E-state index in [0.717, 1.165) is 18.4 Å². The summed E-state index contributed by atoms with van der Waals surface area (Å²) in [5, 5.41) is 9.55. The number of rotatable bonds is 0. The van der Waals surface area contributed by atoms with Crippen LogP contribution in [0.15, 0.2) is 0 Å². The fourth-order valence-electron chi connectivity index (χ4n) is 1.71. The fourth-order valence-corrected chi connectivity index (χ4v) is 2.82. The summed E-state index contributed by atoms with van der Waals surface area (Å²) in [6.07, 6.45) is 4.62. The zero-order chi connectivity index (χ0) is 8.55. The van der Waals surface area contributed by atoms with Crippen LogP contribution >= 0.6 is 11.3 Å². The molecule has 1 aromatic heterocycles. The average Bonchev–Trinajstić information content (AvgIpc) is 2.40. The number of anilines is 1. The van der Waals surface area contributed by atoms with E-state index in [1.165, 1.54) is 23.3 Å². The summed E-state index contributed by atoms with van der Waals surface area (Å²) in [5.74, 6) is 0. The second-order valence-electron chi connectivity index (χ2n) is 3.06. The van der Waals surface area contributed by atoms with Gasteiger partial charge in [-0.05, 0) is 31.2 Å². The number of nitrogens with two attached hydrogens (primary N) is 1. The summed E-state index contributed by atoms with van der Waals surface area (Å²) in [5.41, 5.74) is 7.70. The van der Waals surface area contributed by atoms with Gasteiger partial charge < -0.3 is 11.9 Å². The Morgan fingerprint density at radius 2 is 2.00 bits per heavy atom. The van der Waals surface area contributed by atoms with Gasteiger partial charge in [0.2, 0.25) is 0 Å². The molecule has 2 rings (SSSR count). The first-order chi connectivity index (χ1) is 5.83. The Bertz CT molecular complexity index is 348. The van der Waals surface area contributed by atoms with Crippen molar-refractivity contribution in [1.29, 1.82) is 5.26 Å². The third kappa shape index (κ3) is 1.53. The van der Waals surface area contributed by atoms with Crippen molar-refractivity contribution in [3.63, 3.8) is 0 Å². The number of aryl methyl sites for hydroxylation is 1. The Hall–Kier alpha value is -1.05. The Kier molecular flexibility index (Phi) is 2.91. The van der Waals surface area contributed by atoms with E-state index in [4.69, 9.17) is 11.0 Å². The van der Waals surface area contributed by atoms with Gasteiger partial charge in [0.05, 0.1) is 5.56 Å². The monoisotopic (exact) mass is 195 g/mol. The number of hydrogen-bond acceptors (Lipinski definition) is 4. The molecule has 0 fully saturated rings. The van der Waals surface area contributed by atoms with E-state index in [1.807, 2.05) is 0 Å². The van der Waals surface area contributed by atoms with Crippen LogP contribution in [0.2, 0.25) is 0 Å². The van der Waals surface area contributed by atoms with Crippen molar-refractivity contribution in [2.75, 3.05) is 5.73 Å². The largest absolute Gasteiger partial charge is 0.389 e. The molecule has 0 saturated heterocycles. The minimum Gasteiger partial charge on any atom is -0.389 e. The summed E-state index contributed by atoms with van der Waals surface area (Å²) >= 11 is 1.60. The van der Waals surface area contributed by atoms with Gasteiger partial charge in [0.15, 0.2) is 0 Å². The van der Waals surface area contributed by atoms with Crippen molar-refractivity contribution in [2.24, 2.45) is 0 Å². The number of fused-ring (bicyclic) bond motifs is 1. The lowest BCUT2D eigenvalue weighted by Crippen LogP contribution is -1.99. The number of nitrogen functional groups attached to an aromatic ring is 1. The van der Waals surface area contributed by atoms with Crippen LogP contribution in [0.1, 0.15) is 28.8 Å². The Labute approximate surface area is 81.8 Å². The first kappa shape index (κ1) is 10.0. The fraction of sp³-hybridized carbons (Fsp3) is 0.444. The lowest BCUT2D eigenvalue weighted by atomic mass is 9.96. The zero-order valence-electron chi connectivity index (χ0n) is 7.47. The molecule has 1 heterocycles. The molecule has 1 aliphatic carbocycles. The standard InChI is InChI=1S/C9H10N2S.H3N/c10-5-7-6-3-1-2-4-8(6)12-9(7)11;/h1-4,11H2;1H3. The molecule has 0 amide bonds. The van der Waals surface area contributed by atoms with Gasteiger partial charge in [-0.1, -0.05) is 0 Å². The van der Waals surface area contributed by atoms with Gasteiger partial charge >= 0.3 is 0 Å². The molecule has 13 heavy (non-hydrogen) atoms. The molecule has 0 aromatic carbocycles. The highest BCUT2D eigenvalue weighted by molar-refractivity contribution is 7.16. The van der Waals surface area contributed by atoms with E-state index in [-0.39, 0.29) is 6.15 Å². The van der Waals surface area contributed by atoms with Gasteiger partial charge in [0.1, 0.15) is 11.1 Å². The molecular weight excluding hydrogens is 182 g/mol. The van der Waals surface area contributed by atoms with Crippen LogP contribution in [0, 0.1) is 11.3 Å². The van der Waals surface area contributed by atoms with E-state index >= 15 is 0 Å². The molecule has 0 radical (unpaired) electrons. The number of nitrogens with zero attached hydrogens (tertiary/aromatic N) is 1. The van der Waals surface area contributed by atoms with Crippen LogP contribution in [-0.2, 0) is 12.8 Å². The van der Waals surface area contributed by atoms with Crippen LogP contribution in [0.3, 0.4) is 0 Å². The quantitative estimate of drug-likeness (QED) is 0.665. The van der Waals surface area contributed by atoms with Crippen LogP contribution in [0.5, 0.6) is 0 Å². The van der Waals surface area contributed by atoms with Gasteiger partial charge in [-0.2, -0.15) is 5.26 Å². The minimum atomic E-state index is 0. The second-order valence-corrected chi connectivity index (χ2v) is 4.20. The van der Waals surface area contributed by atoms with Gasteiger partial charge in [0, 0.05) is 4.88 Å². The molecule has 5 N–H and O–H groups in total. The van der Waals surface area contributed by atoms with Crippen molar-refractivity contribution in [3.8, 4) is 6.07 Å². The van der Waals surface area contributed by atoms with Crippen LogP contribution < -0.4 is 11.9 Å². The van der Waals surface area contributed by atoms with Gasteiger partial charge in [-0.15, -0.1) is 11.3 Å². The molecule has 1 aliphatic rings. The SMILES string of the molecule is N.N#Cc1c(N)sc2c1CCCC2. The third-order valence-corrected chi connectivity index (χ3v) is 3.43. The van der Waals surface area contributed by atoms with Crippen molar-refractivity contribution in [2.45, 2.75) is 25.7 Å². The molecule has 0 aliphatic heterocycles. The molecule has 0 saturated carbocycles. The predicted octanol–water partition coefficient (Wildman–Crippen LogP) is 2.24. The molecule has 0 bridgehead atoms. The first-order valence-electron chi connectivity index (χ1n) is 4.13. The molecule has 70 valence electrons. The van der Waals surface area contributed by atoms with Gasteiger partial charge in [0.25, 0.3) is 0 Å². The molecule has 3 nitrogen and oxygen atoms in total. The summed E-state index contributed by atoms with van der Waals surface area (Å²) in [4.78, 5) is 1.34. The topological polar surface area (TPSA) is 84.8 Å². The lowest BCUT2D eigenvalue weighted by molar-refractivity contribution is 0.696.